The molecule has 2 unspecified atom stereocenters. The van der Waals surface area contributed by atoms with Crippen LogP contribution in [0.3, 0.4) is 0 Å². The van der Waals surface area contributed by atoms with Crippen LogP contribution in [0.4, 0.5) is 4.39 Å². The van der Waals surface area contributed by atoms with Crippen molar-refractivity contribution in [1.29, 1.82) is 0 Å². The Hall–Kier alpha value is 0.320. The van der Waals surface area contributed by atoms with E-state index in [0.717, 1.165) is 0 Å². The van der Waals surface area contributed by atoms with Crippen LogP contribution in [0.1, 0.15) is 18.1 Å². The summed E-state index contributed by atoms with van der Waals surface area (Å²) in [6.45, 7) is 0. The molecule has 0 spiro atoms. The summed E-state index contributed by atoms with van der Waals surface area (Å²) in [6, 6.07) is 2.47. The van der Waals surface area contributed by atoms with E-state index < -0.39 is 18.0 Å². The van der Waals surface area contributed by atoms with Gasteiger partial charge in [-0.1, -0.05) is 31.9 Å². The van der Waals surface area contributed by atoms with Gasteiger partial charge in [0, 0.05) is 20.4 Å². The van der Waals surface area contributed by atoms with Gasteiger partial charge in [-0.2, -0.15) is 0 Å². The summed E-state index contributed by atoms with van der Waals surface area (Å²) in [5.41, 5.74) is 0.416. The molecule has 0 radical (unpaired) electrons. The smallest absolute Gasteiger partial charge is 0.125 e. The lowest BCUT2D eigenvalue weighted by molar-refractivity contribution is 0.0161. The zero-order chi connectivity index (χ0) is 12.3. The third-order valence-corrected chi connectivity index (χ3v) is 3.64. The lowest BCUT2D eigenvalue weighted by Crippen LogP contribution is -2.19. The number of halogens is 4. The van der Waals surface area contributed by atoms with Gasteiger partial charge >= 0.3 is 0 Å². The average Bonchev–Trinajstić information content (AvgIpc) is 2.16. The molecule has 1 aromatic carbocycles. The van der Waals surface area contributed by atoms with Crippen LogP contribution in [-0.2, 0) is 0 Å². The summed E-state index contributed by atoms with van der Waals surface area (Å²) in [5, 5.41) is 19.5. The SMILES string of the molecule is OC(CCCl)C(O)c1c(Br)cc(F)cc1Br. The van der Waals surface area contributed by atoms with Gasteiger partial charge in [0.05, 0.1) is 6.10 Å². The first kappa shape index (κ1) is 14.4. The molecule has 0 saturated heterocycles. The van der Waals surface area contributed by atoms with E-state index in [2.05, 4.69) is 31.9 Å². The highest BCUT2D eigenvalue weighted by Crippen LogP contribution is 2.34. The third-order valence-electron chi connectivity index (χ3n) is 2.11. The maximum atomic E-state index is 13.0. The Morgan fingerprint density at radius 2 is 1.75 bits per heavy atom. The molecule has 0 fully saturated rings. The van der Waals surface area contributed by atoms with E-state index in [9.17, 15) is 14.6 Å². The Labute approximate surface area is 115 Å². The standard InChI is InChI=1S/C10H10Br2ClFO2/c11-6-3-5(14)4-7(12)9(6)10(16)8(15)1-2-13/h3-4,8,10,15-16H,1-2H2. The van der Waals surface area contributed by atoms with Gasteiger partial charge in [0.15, 0.2) is 0 Å². The van der Waals surface area contributed by atoms with Crippen LogP contribution in [-0.4, -0.2) is 22.2 Å². The van der Waals surface area contributed by atoms with Crippen LogP contribution in [0.2, 0.25) is 0 Å². The van der Waals surface area contributed by atoms with Gasteiger partial charge in [0.2, 0.25) is 0 Å². The number of hydrogen-bond donors (Lipinski definition) is 2. The second kappa shape index (κ2) is 6.31. The van der Waals surface area contributed by atoms with Crippen molar-refractivity contribution in [3.05, 3.63) is 32.5 Å². The van der Waals surface area contributed by atoms with Crippen LogP contribution in [0.15, 0.2) is 21.1 Å². The van der Waals surface area contributed by atoms with Crippen LogP contribution >= 0.6 is 43.5 Å². The van der Waals surface area contributed by atoms with Crippen molar-refractivity contribution < 1.29 is 14.6 Å². The van der Waals surface area contributed by atoms with E-state index >= 15 is 0 Å². The molecule has 0 heterocycles. The largest absolute Gasteiger partial charge is 0.390 e. The number of rotatable bonds is 4. The summed E-state index contributed by atoms with van der Waals surface area (Å²) in [6.07, 6.45) is -1.82. The maximum absolute atomic E-state index is 13.0. The fourth-order valence-corrected chi connectivity index (χ4v) is 3.12. The van der Waals surface area contributed by atoms with Crippen molar-refractivity contribution in [1.82, 2.24) is 0 Å². The van der Waals surface area contributed by atoms with Gasteiger partial charge in [-0.3, -0.25) is 0 Å². The van der Waals surface area contributed by atoms with E-state index in [-0.39, 0.29) is 12.3 Å². The molecule has 16 heavy (non-hydrogen) atoms. The van der Waals surface area contributed by atoms with Crippen LogP contribution in [0.25, 0.3) is 0 Å². The number of aliphatic hydroxyl groups is 2. The van der Waals surface area contributed by atoms with Gasteiger partial charge in [-0.15, -0.1) is 11.6 Å². The molecule has 2 atom stereocenters. The Morgan fingerprint density at radius 3 is 2.19 bits per heavy atom. The molecule has 6 heteroatoms. The number of hydrogen-bond acceptors (Lipinski definition) is 2. The number of alkyl halides is 1. The molecule has 0 aliphatic carbocycles. The maximum Gasteiger partial charge on any atom is 0.125 e. The van der Waals surface area contributed by atoms with E-state index in [0.29, 0.717) is 14.5 Å². The highest BCUT2D eigenvalue weighted by Gasteiger charge is 2.23. The summed E-state index contributed by atoms with van der Waals surface area (Å²) in [5.74, 6) is -0.184. The molecule has 0 amide bonds. The quantitative estimate of drug-likeness (QED) is 0.791. The molecule has 1 aromatic rings. The first-order valence-electron chi connectivity index (χ1n) is 4.54. The van der Waals surface area contributed by atoms with Gasteiger partial charge in [-0.05, 0) is 18.6 Å². The second-order valence-electron chi connectivity index (χ2n) is 3.27. The molecule has 1 rings (SSSR count). The van der Waals surface area contributed by atoms with Crippen LogP contribution in [0, 0.1) is 5.82 Å². The highest BCUT2D eigenvalue weighted by atomic mass is 79.9. The Bertz CT molecular complexity index is 353. The van der Waals surface area contributed by atoms with Crippen molar-refractivity contribution in [2.24, 2.45) is 0 Å². The van der Waals surface area contributed by atoms with E-state index in [1.165, 1.54) is 12.1 Å². The summed E-state index contributed by atoms with van der Waals surface area (Å²) < 4.78 is 13.8. The summed E-state index contributed by atoms with van der Waals surface area (Å²) in [7, 11) is 0. The molecule has 0 aliphatic rings. The van der Waals surface area contributed by atoms with Gasteiger partial charge in [-0.25, -0.2) is 4.39 Å². The minimum Gasteiger partial charge on any atom is -0.390 e. The van der Waals surface area contributed by atoms with Crippen molar-refractivity contribution >= 4 is 43.5 Å². The summed E-state index contributed by atoms with van der Waals surface area (Å²) in [4.78, 5) is 0. The van der Waals surface area contributed by atoms with E-state index in [1.54, 1.807) is 0 Å². The molecule has 90 valence electrons. The minimum atomic E-state index is -1.11. The monoisotopic (exact) mass is 374 g/mol. The number of aliphatic hydroxyl groups excluding tert-OH is 2. The van der Waals surface area contributed by atoms with Crippen molar-refractivity contribution in [2.75, 3.05) is 5.88 Å². The molecule has 2 nitrogen and oxygen atoms in total. The average molecular weight is 376 g/mol. The zero-order valence-corrected chi connectivity index (χ0v) is 12.1. The topological polar surface area (TPSA) is 40.5 Å². The molecule has 0 aliphatic heterocycles. The first-order chi connectivity index (χ1) is 7.47. The molecule has 0 saturated carbocycles. The van der Waals surface area contributed by atoms with Crippen molar-refractivity contribution in [3.63, 3.8) is 0 Å². The van der Waals surface area contributed by atoms with Gasteiger partial charge in [0.1, 0.15) is 11.9 Å². The lowest BCUT2D eigenvalue weighted by Gasteiger charge is -2.19. The van der Waals surface area contributed by atoms with Crippen LogP contribution < -0.4 is 0 Å². The Kier molecular flexibility index (Phi) is 5.67. The van der Waals surface area contributed by atoms with Crippen molar-refractivity contribution in [3.8, 4) is 0 Å². The fraction of sp³-hybridized carbons (Fsp3) is 0.400. The third kappa shape index (κ3) is 3.40. The lowest BCUT2D eigenvalue weighted by atomic mass is 10.0. The van der Waals surface area contributed by atoms with Crippen LogP contribution in [0.5, 0.6) is 0 Å². The first-order valence-corrected chi connectivity index (χ1v) is 6.66. The second-order valence-corrected chi connectivity index (χ2v) is 5.36. The van der Waals surface area contributed by atoms with Gasteiger partial charge < -0.3 is 10.2 Å². The predicted molar refractivity (Wildman–Crippen MR) is 68.1 cm³/mol. The predicted octanol–water partition coefficient (Wildman–Crippen LogP) is 3.37. The Balaban J connectivity index is 3.03. The van der Waals surface area contributed by atoms with Gasteiger partial charge in [0.25, 0.3) is 0 Å². The van der Waals surface area contributed by atoms with E-state index in [1.807, 2.05) is 0 Å². The minimum absolute atomic E-state index is 0.245. The molecule has 2 N–H and O–H groups in total. The molecule has 0 bridgehead atoms. The normalized spacial score (nSPS) is 14.9. The van der Waals surface area contributed by atoms with Crippen molar-refractivity contribution in [2.45, 2.75) is 18.6 Å². The summed E-state index contributed by atoms with van der Waals surface area (Å²) >= 11 is 11.8. The highest BCUT2D eigenvalue weighted by molar-refractivity contribution is 9.11. The molecular formula is C10H10Br2ClFO2. The van der Waals surface area contributed by atoms with E-state index in [4.69, 9.17) is 11.6 Å². The Morgan fingerprint density at radius 1 is 1.25 bits per heavy atom. The zero-order valence-electron chi connectivity index (χ0n) is 8.13. The molecule has 0 aromatic heterocycles. The fourth-order valence-electron chi connectivity index (χ4n) is 1.30. The number of benzene rings is 1. The molecular weight excluding hydrogens is 366 g/mol.